The number of hydrogen-bond acceptors (Lipinski definition) is 4. The van der Waals surface area contributed by atoms with Crippen LogP contribution in [0.25, 0.3) is 11.1 Å². The van der Waals surface area contributed by atoms with Crippen LogP contribution >= 0.6 is 0 Å². The number of aliphatic hydroxyl groups excluding tert-OH is 1. The predicted octanol–water partition coefficient (Wildman–Crippen LogP) is 3.94. The third-order valence-corrected chi connectivity index (χ3v) is 5.10. The number of rotatable bonds is 8. The van der Waals surface area contributed by atoms with Gasteiger partial charge in [0.1, 0.15) is 6.61 Å². The molecule has 3 rings (SSSR count). The number of aliphatic hydroxyl groups is 1. The molecule has 0 radical (unpaired) electrons. The van der Waals surface area contributed by atoms with Gasteiger partial charge in [0.15, 0.2) is 0 Å². The normalized spacial score (nSPS) is 14.2. The Bertz CT molecular complexity index is 905. The topological polar surface area (TPSA) is 95.9 Å². The minimum absolute atomic E-state index is 0.0439. The number of nitrogens with one attached hydrogen (secondary N) is 1. The Kier molecular flexibility index (Phi) is 6.90. The van der Waals surface area contributed by atoms with E-state index in [1.54, 1.807) is 0 Å². The number of hydrogen-bond donors (Lipinski definition) is 3. The first kappa shape index (κ1) is 21.6. The summed E-state index contributed by atoms with van der Waals surface area (Å²) in [6, 6.07) is 16.1. The van der Waals surface area contributed by atoms with Crippen molar-refractivity contribution in [3.05, 3.63) is 71.3 Å². The van der Waals surface area contributed by atoms with Crippen LogP contribution in [0.2, 0.25) is 0 Å². The van der Waals surface area contributed by atoms with Gasteiger partial charge in [0.25, 0.3) is 0 Å². The molecule has 0 spiro atoms. The highest BCUT2D eigenvalue weighted by molar-refractivity contribution is 5.86. The standard InChI is InChI=1S/C24H27NO5/c1-15(2)11-16(23(27)28)12-17(26)13-25-24(29)30-14-22-20-9-5-3-7-18(20)19-8-4-6-10-21(19)22/h3-10,12,15,17,22,26H,11,13-14H2,1-2H3,(H,25,29)(H,27,28)/t17-/m1/s1. The van der Waals surface area contributed by atoms with E-state index in [4.69, 9.17) is 4.74 Å². The second-order valence-corrected chi connectivity index (χ2v) is 7.87. The zero-order valence-corrected chi connectivity index (χ0v) is 17.2. The van der Waals surface area contributed by atoms with Crippen LogP contribution in [0, 0.1) is 5.92 Å². The molecule has 1 aliphatic carbocycles. The average Bonchev–Trinajstić information content (AvgIpc) is 3.04. The minimum Gasteiger partial charge on any atom is -0.478 e. The van der Waals surface area contributed by atoms with Crippen molar-refractivity contribution in [1.29, 1.82) is 0 Å². The summed E-state index contributed by atoms with van der Waals surface area (Å²) in [7, 11) is 0. The van der Waals surface area contributed by atoms with Gasteiger partial charge >= 0.3 is 12.1 Å². The minimum atomic E-state index is -1.10. The van der Waals surface area contributed by atoms with E-state index in [2.05, 4.69) is 17.4 Å². The lowest BCUT2D eigenvalue weighted by molar-refractivity contribution is -0.133. The molecular formula is C24H27NO5. The Morgan fingerprint density at radius 3 is 2.17 bits per heavy atom. The fourth-order valence-corrected chi connectivity index (χ4v) is 3.79. The molecule has 3 N–H and O–H groups in total. The van der Waals surface area contributed by atoms with E-state index >= 15 is 0 Å². The van der Waals surface area contributed by atoms with Gasteiger partial charge in [-0.15, -0.1) is 0 Å². The van der Waals surface area contributed by atoms with Crippen molar-refractivity contribution in [2.75, 3.05) is 13.2 Å². The summed E-state index contributed by atoms with van der Waals surface area (Å²) >= 11 is 0. The smallest absolute Gasteiger partial charge is 0.407 e. The SMILES string of the molecule is CC(C)CC(=C[C@@H](O)CNC(=O)OCC1c2ccccc2-c2ccccc21)C(=O)O. The molecule has 0 saturated carbocycles. The molecule has 1 atom stereocenters. The fraction of sp³-hybridized carbons (Fsp3) is 0.333. The number of fused-ring (bicyclic) bond motifs is 3. The van der Waals surface area contributed by atoms with E-state index in [-0.39, 0.29) is 30.6 Å². The Morgan fingerprint density at radius 1 is 1.07 bits per heavy atom. The first-order chi connectivity index (χ1) is 14.4. The van der Waals surface area contributed by atoms with Crippen LogP contribution in [0.5, 0.6) is 0 Å². The van der Waals surface area contributed by atoms with Gasteiger partial charge in [-0.3, -0.25) is 0 Å². The zero-order valence-electron chi connectivity index (χ0n) is 17.2. The van der Waals surface area contributed by atoms with Gasteiger partial charge in [0.2, 0.25) is 0 Å². The summed E-state index contributed by atoms with van der Waals surface area (Å²) in [5.41, 5.74) is 4.67. The van der Waals surface area contributed by atoms with Gasteiger partial charge in [-0.1, -0.05) is 62.4 Å². The Labute approximate surface area is 176 Å². The number of benzene rings is 2. The molecule has 0 saturated heterocycles. The Morgan fingerprint density at radius 2 is 1.63 bits per heavy atom. The average molecular weight is 409 g/mol. The molecule has 158 valence electrons. The lowest BCUT2D eigenvalue weighted by atomic mass is 9.98. The molecule has 0 fully saturated rings. The highest BCUT2D eigenvalue weighted by atomic mass is 16.5. The summed E-state index contributed by atoms with van der Waals surface area (Å²) in [4.78, 5) is 23.4. The second-order valence-electron chi connectivity index (χ2n) is 7.87. The van der Waals surface area contributed by atoms with Crippen molar-refractivity contribution < 1.29 is 24.5 Å². The molecule has 0 aromatic heterocycles. The van der Waals surface area contributed by atoms with Crippen molar-refractivity contribution in [3.8, 4) is 11.1 Å². The molecule has 1 amide bonds. The van der Waals surface area contributed by atoms with E-state index in [0.29, 0.717) is 6.42 Å². The molecule has 30 heavy (non-hydrogen) atoms. The van der Waals surface area contributed by atoms with Crippen LogP contribution in [-0.4, -0.2) is 41.5 Å². The highest BCUT2D eigenvalue weighted by Crippen LogP contribution is 2.44. The molecule has 0 bridgehead atoms. The summed E-state index contributed by atoms with van der Waals surface area (Å²) in [5.74, 6) is -0.962. The zero-order chi connectivity index (χ0) is 21.7. The third-order valence-electron chi connectivity index (χ3n) is 5.10. The molecule has 0 unspecified atom stereocenters. The second kappa shape index (κ2) is 9.59. The van der Waals surface area contributed by atoms with Crippen LogP contribution in [0.15, 0.2) is 60.2 Å². The number of alkyl carbamates (subject to hydrolysis) is 1. The molecule has 2 aromatic rings. The maximum atomic E-state index is 12.1. The van der Waals surface area contributed by atoms with Crippen LogP contribution in [0.4, 0.5) is 4.79 Å². The van der Waals surface area contributed by atoms with Crippen LogP contribution in [0.1, 0.15) is 37.3 Å². The van der Waals surface area contributed by atoms with Crippen LogP contribution in [-0.2, 0) is 9.53 Å². The summed E-state index contributed by atoms with van der Waals surface area (Å²) < 4.78 is 5.41. The first-order valence-corrected chi connectivity index (χ1v) is 10.1. The summed E-state index contributed by atoms with van der Waals surface area (Å²) in [5, 5.41) is 21.8. The largest absolute Gasteiger partial charge is 0.478 e. The Hall–Kier alpha value is -3.12. The molecule has 2 aromatic carbocycles. The summed E-state index contributed by atoms with van der Waals surface area (Å²) in [6.45, 7) is 3.86. The molecular weight excluding hydrogens is 382 g/mol. The van der Waals surface area contributed by atoms with Crippen molar-refractivity contribution in [1.82, 2.24) is 5.32 Å². The van der Waals surface area contributed by atoms with E-state index < -0.39 is 18.2 Å². The monoisotopic (exact) mass is 409 g/mol. The molecule has 6 nitrogen and oxygen atoms in total. The quantitative estimate of drug-likeness (QED) is 0.574. The van der Waals surface area contributed by atoms with Crippen LogP contribution < -0.4 is 5.32 Å². The van der Waals surface area contributed by atoms with E-state index in [1.165, 1.54) is 6.08 Å². The van der Waals surface area contributed by atoms with E-state index in [0.717, 1.165) is 22.3 Å². The van der Waals surface area contributed by atoms with Crippen LogP contribution in [0.3, 0.4) is 0 Å². The number of carboxylic acids is 1. The van der Waals surface area contributed by atoms with Gasteiger partial charge < -0.3 is 20.3 Å². The number of carboxylic acid groups (broad SMARTS) is 1. The predicted molar refractivity (Wildman–Crippen MR) is 114 cm³/mol. The number of carbonyl (C=O) groups is 2. The van der Waals surface area contributed by atoms with Gasteiger partial charge in [-0.2, -0.15) is 0 Å². The van der Waals surface area contributed by atoms with Crippen molar-refractivity contribution in [2.24, 2.45) is 5.92 Å². The van der Waals surface area contributed by atoms with Crippen molar-refractivity contribution in [3.63, 3.8) is 0 Å². The van der Waals surface area contributed by atoms with E-state index in [9.17, 15) is 19.8 Å². The summed E-state index contributed by atoms with van der Waals surface area (Å²) in [6.07, 6.45) is -0.135. The van der Waals surface area contributed by atoms with Gasteiger partial charge in [-0.25, -0.2) is 9.59 Å². The van der Waals surface area contributed by atoms with E-state index in [1.807, 2.05) is 50.2 Å². The molecule has 6 heteroatoms. The molecule has 1 aliphatic rings. The van der Waals surface area contributed by atoms with Crippen molar-refractivity contribution in [2.45, 2.75) is 32.3 Å². The molecule has 0 heterocycles. The molecule has 0 aliphatic heterocycles. The third kappa shape index (κ3) is 5.07. The first-order valence-electron chi connectivity index (χ1n) is 10.1. The van der Waals surface area contributed by atoms with Gasteiger partial charge in [0, 0.05) is 11.5 Å². The number of amides is 1. The Balaban J connectivity index is 1.57. The van der Waals surface area contributed by atoms with Gasteiger partial charge in [-0.05, 0) is 40.7 Å². The highest BCUT2D eigenvalue weighted by Gasteiger charge is 2.29. The number of ether oxygens (including phenoxy) is 1. The van der Waals surface area contributed by atoms with Gasteiger partial charge in [0.05, 0.1) is 12.6 Å². The maximum Gasteiger partial charge on any atom is 0.407 e. The number of aliphatic carboxylic acids is 1. The van der Waals surface area contributed by atoms with Crippen molar-refractivity contribution >= 4 is 12.1 Å². The lowest BCUT2D eigenvalue weighted by Crippen LogP contribution is -2.33. The lowest BCUT2D eigenvalue weighted by Gasteiger charge is -2.15. The number of carbonyl (C=O) groups excluding carboxylic acids is 1. The maximum absolute atomic E-state index is 12.1. The fourth-order valence-electron chi connectivity index (χ4n) is 3.79.